The summed E-state index contributed by atoms with van der Waals surface area (Å²) >= 11 is 4.77. The summed E-state index contributed by atoms with van der Waals surface area (Å²) in [6.07, 6.45) is 7.37. The van der Waals surface area contributed by atoms with Crippen LogP contribution in [0.15, 0.2) is 56.1 Å². The van der Waals surface area contributed by atoms with Gasteiger partial charge in [0.05, 0.1) is 10.7 Å². The van der Waals surface area contributed by atoms with Crippen molar-refractivity contribution in [2.24, 2.45) is 0 Å². The molecule has 5 nitrogen and oxygen atoms in total. The van der Waals surface area contributed by atoms with Gasteiger partial charge in [-0.05, 0) is 49.6 Å². The molecule has 0 atom stereocenters. The highest BCUT2D eigenvalue weighted by Crippen LogP contribution is 2.27. The lowest BCUT2D eigenvalue weighted by molar-refractivity contribution is -0.116. The SMILES string of the molecule is CSc1ccc(NC(=O)CCCCCSc2nc3ccccc3o2)c(SC)n1. The lowest BCUT2D eigenvalue weighted by Crippen LogP contribution is -2.12. The van der Waals surface area contributed by atoms with Crippen molar-refractivity contribution in [1.82, 2.24) is 9.97 Å². The van der Waals surface area contributed by atoms with Gasteiger partial charge in [0, 0.05) is 12.2 Å². The number of benzene rings is 1. The molecule has 0 spiro atoms. The van der Waals surface area contributed by atoms with Crippen molar-refractivity contribution in [2.75, 3.05) is 23.6 Å². The first-order valence-electron chi connectivity index (χ1n) is 9.07. The Labute approximate surface area is 177 Å². The Hall–Kier alpha value is -1.64. The molecule has 0 saturated carbocycles. The van der Waals surface area contributed by atoms with Crippen LogP contribution in [0, 0.1) is 0 Å². The molecule has 2 heterocycles. The highest BCUT2D eigenvalue weighted by atomic mass is 32.2. The van der Waals surface area contributed by atoms with Crippen LogP contribution in [-0.2, 0) is 4.79 Å². The monoisotopic (exact) mass is 433 g/mol. The lowest BCUT2D eigenvalue weighted by Gasteiger charge is -2.09. The Bertz CT molecular complexity index is 897. The summed E-state index contributed by atoms with van der Waals surface area (Å²) in [4.78, 5) is 21.2. The third kappa shape index (κ3) is 5.93. The third-order valence-corrected chi connectivity index (χ3v) is 6.32. The first-order chi connectivity index (χ1) is 13.7. The van der Waals surface area contributed by atoms with Crippen LogP contribution in [0.4, 0.5) is 5.69 Å². The summed E-state index contributed by atoms with van der Waals surface area (Å²) in [5, 5.41) is 5.51. The van der Waals surface area contributed by atoms with Gasteiger partial charge in [0.25, 0.3) is 5.22 Å². The third-order valence-electron chi connectivity index (χ3n) is 4.06. The molecule has 2 aromatic heterocycles. The maximum absolute atomic E-state index is 12.2. The molecule has 148 valence electrons. The minimum atomic E-state index is 0.0422. The van der Waals surface area contributed by atoms with E-state index in [1.54, 1.807) is 35.3 Å². The van der Waals surface area contributed by atoms with Crippen molar-refractivity contribution in [2.45, 2.75) is 41.0 Å². The predicted octanol–water partition coefficient (Wildman–Crippen LogP) is 5.96. The lowest BCUT2D eigenvalue weighted by atomic mass is 10.2. The van der Waals surface area contributed by atoms with E-state index in [2.05, 4.69) is 15.3 Å². The van der Waals surface area contributed by atoms with Crippen LogP contribution < -0.4 is 5.32 Å². The van der Waals surface area contributed by atoms with E-state index in [4.69, 9.17) is 4.42 Å². The normalized spacial score (nSPS) is 11.1. The molecular formula is C20H23N3O2S3. The molecular weight excluding hydrogens is 410 g/mol. The maximum Gasteiger partial charge on any atom is 0.256 e. The second kappa shape index (κ2) is 10.8. The zero-order valence-electron chi connectivity index (χ0n) is 15.9. The van der Waals surface area contributed by atoms with Crippen molar-refractivity contribution in [1.29, 1.82) is 0 Å². The van der Waals surface area contributed by atoms with Crippen molar-refractivity contribution in [3.05, 3.63) is 36.4 Å². The Morgan fingerprint density at radius 3 is 2.68 bits per heavy atom. The summed E-state index contributed by atoms with van der Waals surface area (Å²) in [5.41, 5.74) is 2.51. The van der Waals surface area contributed by atoms with E-state index < -0.39 is 0 Å². The zero-order valence-corrected chi connectivity index (χ0v) is 18.4. The minimum Gasteiger partial charge on any atom is -0.431 e. The van der Waals surface area contributed by atoms with Crippen LogP contribution in [0.25, 0.3) is 11.1 Å². The van der Waals surface area contributed by atoms with Gasteiger partial charge in [-0.1, -0.05) is 30.3 Å². The highest BCUT2D eigenvalue weighted by molar-refractivity contribution is 7.99. The van der Waals surface area contributed by atoms with E-state index in [0.29, 0.717) is 11.6 Å². The number of rotatable bonds is 10. The fraction of sp³-hybridized carbons (Fsp3) is 0.350. The quantitative estimate of drug-likeness (QED) is 0.312. The van der Waals surface area contributed by atoms with Crippen LogP contribution in [0.5, 0.6) is 0 Å². The van der Waals surface area contributed by atoms with E-state index in [0.717, 1.165) is 51.9 Å². The summed E-state index contributed by atoms with van der Waals surface area (Å²) in [6, 6.07) is 11.6. The van der Waals surface area contributed by atoms with E-state index in [9.17, 15) is 4.79 Å². The molecule has 3 aromatic rings. The molecule has 0 unspecified atom stereocenters. The van der Waals surface area contributed by atoms with E-state index in [1.807, 2.05) is 48.9 Å². The molecule has 0 aliphatic rings. The Morgan fingerprint density at radius 2 is 1.89 bits per heavy atom. The molecule has 3 rings (SSSR count). The summed E-state index contributed by atoms with van der Waals surface area (Å²) < 4.78 is 5.70. The molecule has 0 aliphatic heterocycles. The fourth-order valence-electron chi connectivity index (χ4n) is 2.64. The van der Waals surface area contributed by atoms with Gasteiger partial charge < -0.3 is 9.73 Å². The van der Waals surface area contributed by atoms with E-state index in [-0.39, 0.29) is 5.91 Å². The Morgan fingerprint density at radius 1 is 1.04 bits per heavy atom. The zero-order chi connectivity index (χ0) is 19.8. The van der Waals surface area contributed by atoms with Gasteiger partial charge in [-0.15, -0.1) is 23.5 Å². The smallest absolute Gasteiger partial charge is 0.256 e. The number of thioether (sulfide) groups is 3. The Balaban J connectivity index is 1.35. The van der Waals surface area contributed by atoms with Gasteiger partial charge in [0.1, 0.15) is 10.5 Å². The molecule has 1 aromatic carbocycles. The molecule has 0 radical (unpaired) electrons. The van der Waals surface area contributed by atoms with Gasteiger partial charge in [-0.3, -0.25) is 4.79 Å². The van der Waals surface area contributed by atoms with E-state index >= 15 is 0 Å². The Kier molecular flexibility index (Phi) is 8.12. The fourth-order valence-corrected chi connectivity index (χ4v) is 4.45. The minimum absolute atomic E-state index is 0.0422. The topological polar surface area (TPSA) is 68.0 Å². The van der Waals surface area contributed by atoms with Gasteiger partial charge in [0.15, 0.2) is 5.58 Å². The number of para-hydroxylation sites is 2. The predicted molar refractivity (Wildman–Crippen MR) is 120 cm³/mol. The summed E-state index contributed by atoms with van der Waals surface area (Å²) in [7, 11) is 0. The first kappa shape index (κ1) is 21.1. The standard InChI is InChI=1S/C20H23N3O2S3/c1-26-18-12-11-15(19(23-18)27-2)21-17(24)10-4-3-7-13-28-20-22-14-8-5-6-9-16(14)25-20/h5-6,8-9,11-12H,3-4,7,10,13H2,1-2H3,(H,21,24). The van der Waals surface area contributed by atoms with Crippen molar-refractivity contribution >= 4 is 58.0 Å². The van der Waals surface area contributed by atoms with E-state index in [1.165, 1.54) is 0 Å². The number of nitrogens with zero attached hydrogens (tertiary/aromatic N) is 2. The number of fused-ring (bicyclic) bond motifs is 1. The summed E-state index contributed by atoms with van der Waals surface area (Å²) in [6.45, 7) is 0. The molecule has 0 saturated heterocycles. The van der Waals surface area contributed by atoms with Crippen LogP contribution in [-0.4, -0.2) is 34.1 Å². The second-order valence-corrected chi connectivity index (χ2v) is 8.73. The average molecular weight is 434 g/mol. The molecule has 0 fully saturated rings. The van der Waals surface area contributed by atoms with Crippen LogP contribution in [0.1, 0.15) is 25.7 Å². The molecule has 8 heteroatoms. The number of carbonyl (C=O) groups excluding carboxylic acids is 1. The average Bonchev–Trinajstić information content (AvgIpc) is 3.13. The number of oxazole rings is 1. The summed E-state index contributed by atoms with van der Waals surface area (Å²) in [5.74, 6) is 0.978. The van der Waals surface area contributed by atoms with Gasteiger partial charge in [-0.25, -0.2) is 9.97 Å². The first-order valence-corrected chi connectivity index (χ1v) is 12.5. The number of aromatic nitrogens is 2. The van der Waals surface area contributed by atoms with Crippen molar-refractivity contribution in [3.63, 3.8) is 0 Å². The second-order valence-electron chi connectivity index (χ2n) is 6.07. The number of nitrogens with one attached hydrogen (secondary N) is 1. The number of hydrogen-bond donors (Lipinski definition) is 1. The number of hydrogen-bond acceptors (Lipinski definition) is 7. The molecule has 0 bridgehead atoms. The van der Waals surface area contributed by atoms with Gasteiger partial charge in [0.2, 0.25) is 5.91 Å². The van der Waals surface area contributed by atoms with Crippen LogP contribution >= 0.6 is 35.3 Å². The number of unbranched alkanes of at least 4 members (excludes halogenated alkanes) is 2. The highest BCUT2D eigenvalue weighted by Gasteiger charge is 2.09. The maximum atomic E-state index is 12.2. The van der Waals surface area contributed by atoms with Crippen LogP contribution in [0.3, 0.4) is 0 Å². The molecule has 0 aliphatic carbocycles. The number of pyridine rings is 1. The number of anilines is 1. The van der Waals surface area contributed by atoms with Crippen molar-refractivity contribution in [3.8, 4) is 0 Å². The number of carbonyl (C=O) groups is 1. The molecule has 1 N–H and O–H groups in total. The van der Waals surface area contributed by atoms with Gasteiger partial charge >= 0.3 is 0 Å². The van der Waals surface area contributed by atoms with Gasteiger partial charge in [-0.2, -0.15) is 0 Å². The van der Waals surface area contributed by atoms with Crippen LogP contribution in [0.2, 0.25) is 0 Å². The molecule has 1 amide bonds. The number of amides is 1. The largest absolute Gasteiger partial charge is 0.431 e. The van der Waals surface area contributed by atoms with Crippen molar-refractivity contribution < 1.29 is 9.21 Å². The molecule has 28 heavy (non-hydrogen) atoms.